The lowest BCUT2D eigenvalue weighted by Crippen LogP contribution is -2.34. The van der Waals surface area contributed by atoms with Crippen molar-refractivity contribution in [2.75, 3.05) is 25.0 Å². The van der Waals surface area contributed by atoms with Crippen molar-refractivity contribution >= 4 is 28.9 Å². The number of carbonyl (C=O) groups is 1. The highest BCUT2D eigenvalue weighted by Gasteiger charge is 2.19. The van der Waals surface area contributed by atoms with E-state index in [1.54, 1.807) is 4.68 Å². The topological polar surface area (TPSA) is 71.3 Å². The largest absolute Gasteiger partial charge is 0.362 e. The van der Waals surface area contributed by atoms with Gasteiger partial charge in [0.25, 0.3) is 5.56 Å². The van der Waals surface area contributed by atoms with Gasteiger partial charge in [0.05, 0.1) is 11.4 Å². The lowest BCUT2D eigenvalue weighted by molar-refractivity contribution is -0.127. The molecule has 1 aromatic heterocycles. The molecule has 1 aromatic carbocycles. The third-order valence-electron chi connectivity index (χ3n) is 4.85. The van der Waals surface area contributed by atoms with Crippen molar-refractivity contribution in [1.29, 1.82) is 0 Å². The molecule has 0 atom stereocenters. The summed E-state index contributed by atoms with van der Waals surface area (Å²) >= 11 is 5.34. The Labute approximate surface area is 163 Å². The lowest BCUT2D eigenvalue weighted by Gasteiger charge is -2.16. The molecule has 8 heteroatoms. The van der Waals surface area contributed by atoms with Crippen molar-refractivity contribution in [1.82, 2.24) is 19.6 Å². The molecule has 1 fully saturated rings. The quantitative estimate of drug-likeness (QED) is 0.584. The lowest BCUT2D eigenvalue weighted by atomic mass is 10.3. The van der Waals surface area contributed by atoms with Gasteiger partial charge in [0.15, 0.2) is 5.11 Å². The van der Waals surface area contributed by atoms with Crippen LogP contribution in [0, 0.1) is 6.92 Å². The van der Waals surface area contributed by atoms with Crippen LogP contribution in [-0.4, -0.2) is 44.9 Å². The Morgan fingerprint density at radius 1 is 1.22 bits per heavy atom. The predicted molar refractivity (Wildman–Crippen MR) is 110 cm³/mol. The second-order valence-corrected chi connectivity index (χ2v) is 7.06. The summed E-state index contributed by atoms with van der Waals surface area (Å²) in [6, 6.07) is 9.49. The van der Waals surface area contributed by atoms with Crippen molar-refractivity contribution in [2.45, 2.75) is 26.2 Å². The molecule has 0 saturated carbocycles. The Morgan fingerprint density at radius 3 is 2.63 bits per heavy atom. The third-order valence-corrected chi connectivity index (χ3v) is 5.10. The van der Waals surface area contributed by atoms with Crippen LogP contribution in [0.1, 0.15) is 25.0 Å². The number of hydrogen-bond acceptors (Lipinski definition) is 3. The number of anilines is 1. The van der Waals surface area contributed by atoms with Crippen molar-refractivity contribution in [3.05, 3.63) is 46.4 Å². The molecule has 7 nitrogen and oxygen atoms in total. The number of para-hydroxylation sites is 1. The standard InChI is InChI=1S/C19H25N5O2S/c1-14-17(18(26)24(22(14)2)15-8-4-3-5-9-15)21-19(27)20-11-7-13-23-12-6-10-16(23)25/h3-5,8-9H,6-7,10-13H2,1-2H3,(H2,20,21,27). The van der Waals surface area contributed by atoms with Gasteiger partial charge in [-0.3, -0.25) is 14.3 Å². The van der Waals surface area contributed by atoms with E-state index >= 15 is 0 Å². The smallest absolute Gasteiger partial charge is 0.295 e. The van der Waals surface area contributed by atoms with Crippen molar-refractivity contribution < 1.29 is 4.79 Å². The second-order valence-electron chi connectivity index (χ2n) is 6.66. The Morgan fingerprint density at radius 2 is 1.96 bits per heavy atom. The highest BCUT2D eigenvalue weighted by molar-refractivity contribution is 7.80. The summed E-state index contributed by atoms with van der Waals surface area (Å²) in [5.41, 5.74) is 1.92. The summed E-state index contributed by atoms with van der Waals surface area (Å²) in [5.74, 6) is 0.233. The van der Waals surface area contributed by atoms with E-state index in [9.17, 15) is 9.59 Å². The van der Waals surface area contributed by atoms with Crippen LogP contribution in [0.3, 0.4) is 0 Å². The Kier molecular flexibility index (Phi) is 5.95. The zero-order chi connectivity index (χ0) is 19.4. The monoisotopic (exact) mass is 387 g/mol. The van der Waals surface area contributed by atoms with Crippen LogP contribution in [0.15, 0.2) is 35.1 Å². The van der Waals surface area contributed by atoms with E-state index in [4.69, 9.17) is 12.2 Å². The number of nitrogens with zero attached hydrogens (tertiary/aromatic N) is 3. The number of likely N-dealkylation sites (tertiary alicyclic amines) is 1. The zero-order valence-corrected chi connectivity index (χ0v) is 16.5. The van der Waals surface area contributed by atoms with Gasteiger partial charge in [-0.05, 0) is 44.1 Å². The van der Waals surface area contributed by atoms with Crippen molar-refractivity contribution in [2.24, 2.45) is 7.05 Å². The molecule has 2 aromatic rings. The maximum Gasteiger partial charge on any atom is 0.295 e. The van der Waals surface area contributed by atoms with Gasteiger partial charge >= 0.3 is 0 Å². The molecule has 27 heavy (non-hydrogen) atoms. The van der Waals surface area contributed by atoms with Crippen LogP contribution >= 0.6 is 12.2 Å². The third kappa shape index (κ3) is 4.21. The van der Waals surface area contributed by atoms with Crippen LogP contribution < -0.4 is 16.2 Å². The van der Waals surface area contributed by atoms with Gasteiger partial charge in [-0.25, -0.2) is 4.68 Å². The first-order chi connectivity index (χ1) is 13.0. The minimum Gasteiger partial charge on any atom is -0.362 e. The highest BCUT2D eigenvalue weighted by atomic mass is 32.1. The van der Waals surface area contributed by atoms with Gasteiger partial charge in [-0.2, -0.15) is 0 Å². The number of rotatable bonds is 6. The number of amides is 1. The summed E-state index contributed by atoms with van der Waals surface area (Å²) < 4.78 is 3.42. The molecular formula is C19H25N5O2S. The summed E-state index contributed by atoms with van der Waals surface area (Å²) in [7, 11) is 1.85. The molecule has 0 bridgehead atoms. The summed E-state index contributed by atoms with van der Waals surface area (Å²) in [4.78, 5) is 26.3. The Hall–Kier alpha value is -2.61. The molecule has 0 aliphatic carbocycles. The summed E-state index contributed by atoms with van der Waals surface area (Å²) in [5, 5.41) is 6.56. The molecule has 1 aliphatic rings. The number of thiocarbonyl (C=S) groups is 1. The number of aromatic nitrogens is 2. The van der Waals surface area contributed by atoms with Gasteiger partial charge in [0, 0.05) is 33.1 Å². The average molecular weight is 388 g/mol. The molecule has 1 amide bonds. The molecule has 1 aliphatic heterocycles. The van der Waals surface area contributed by atoms with Gasteiger partial charge in [0.2, 0.25) is 5.91 Å². The molecular weight excluding hydrogens is 362 g/mol. The predicted octanol–water partition coefficient (Wildman–Crippen LogP) is 1.78. The minimum absolute atomic E-state index is 0.145. The highest BCUT2D eigenvalue weighted by Crippen LogP contribution is 2.14. The number of nitrogens with one attached hydrogen (secondary N) is 2. The average Bonchev–Trinajstić information content (AvgIpc) is 3.16. The van der Waals surface area contributed by atoms with E-state index in [0.29, 0.717) is 23.8 Å². The van der Waals surface area contributed by atoms with Gasteiger partial charge in [-0.15, -0.1) is 0 Å². The first-order valence-corrected chi connectivity index (χ1v) is 9.56. The van der Waals surface area contributed by atoms with E-state index < -0.39 is 0 Å². The maximum atomic E-state index is 12.8. The minimum atomic E-state index is -0.145. The van der Waals surface area contributed by atoms with E-state index in [1.807, 2.05) is 53.9 Å². The number of benzene rings is 1. The van der Waals surface area contributed by atoms with Crippen LogP contribution in [0.5, 0.6) is 0 Å². The first-order valence-electron chi connectivity index (χ1n) is 9.15. The summed E-state index contributed by atoms with van der Waals surface area (Å²) in [6.45, 7) is 4.11. The van der Waals surface area contributed by atoms with Crippen LogP contribution in [0.25, 0.3) is 5.69 Å². The van der Waals surface area contributed by atoms with E-state index in [1.165, 1.54) is 0 Å². The van der Waals surface area contributed by atoms with Crippen LogP contribution in [0.2, 0.25) is 0 Å². The van der Waals surface area contributed by atoms with Crippen LogP contribution in [0.4, 0.5) is 5.69 Å². The molecule has 144 valence electrons. The summed E-state index contributed by atoms with van der Waals surface area (Å²) in [6.07, 6.45) is 2.43. The van der Waals surface area contributed by atoms with E-state index in [0.717, 1.165) is 37.3 Å². The molecule has 2 N–H and O–H groups in total. The maximum absolute atomic E-state index is 12.8. The fourth-order valence-electron chi connectivity index (χ4n) is 3.28. The molecule has 3 rings (SSSR count). The van der Waals surface area contributed by atoms with Gasteiger partial charge in [0.1, 0.15) is 5.69 Å². The van der Waals surface area contributed by atoms with Crippen LogP contribution in [-0.2, 0) is 11.8 Å². The fraction of sp³-hybridized carbons (Fsp3) is 0.421. The fourth-order valence-corrected chi connectivity index (χ4v) is 3.49. The number of carbonyl (C=O) groups excluding carboxylic acids is 1. The van der Waals surface area contributed by atoms with E-state index in [-0.39, 0.29) is 11.5 Å². The first kappa shape index (κ1) is 19.2. The normalized spacial score (nSPS) is 13.9. The van der Waals surface area contributed by atoms with Crippen molar-refractivity contribution in [3.8, 4) is 5.69 Å². The second kappa shape index (κ2) is 8.39. The number of hydrogen-bond donors (Lipinski definition) is 2. The molecule has 0 radical (unpaired) electrons. The Balaban J connectivity index is 1.59. The molecule has 0 spiro atoms. The van der Waals surface area contributed by atoms with Crippen molar-refractivity contribution in [3.63, 3.8) is 0 Å². The van der Waals surface area contributed by atoms with Gasteiger partial charge < -0.3 is 15.5 Å². The molecule has 2 heterocycles. The zero-order valence-electron chi connectivity index (χ0n) is 15.7. The van der Waals surface area contributed by atoms with Gasteiger partial charge in [-0.1, -0.05) is 18.2 Å². The SMILES string of the molecule is Cc1c(NC(=S)NCCCN2CCCC2=O)c(=O)n(-c2ccccc2)n1C. The molecule has 0 unspecified atom stereocenters. The molecule has 1 saturated heterocycles. The van der Waals surface area contributed by atoms with E-state index in [2.05, 4.69) is 10.6 Å². The Bertz CT molecular complexity index is 887.